The number of methoxy groups -OCH3 is 2. The Balaban J connectivity index is 1.95. The number of aromatic nitrogens is 2. The predicted molar refractivity (Wildman–Crippen MR) is 107 cm³/mol. The van der Waals surface area contributed by atoms with Gasteiger partial charge in [0.2, 0.25) is 5.91 Å². The molecule has 9 heteroatoms. The molecule has 1 aromatic heterocycles. The quantitative estimate of drug-likeness (QED) is 0.672. The summed E-state index contributed by atoms with van der Waals surface area (Å²) < 4.78 is 24.7. The van der Waals surface area contributed by atoms with Gasteiger partial charge in [0.1, 0.15) is 41.3 Å². The Morgan fingerprint density at radius 2 is 1.93 bits per heavy atom. The second kappa shape index (κ2) is 8.87. The van der Waals surface area contributed by atoms with Crippen LogP contribution in [0.4, 0.5) is 10.1 Å². The number of nitrogens with zero attached hydrogens (tertiary/aromatic N) is 3. The topological polar surface area (TPSA) is 106 Å². The van der Waals surface area contributed by atoms with Crippen LogP contribution in [-0.4, -0.2) is 29.7 Å². The Kier molecular flexibility index (Phi) is 6.08. The number of rotatable bonds is 6. The molecule has 1 amide bonds. The molecular weight excluding hydrogens is 391 g/mol. The largest absolute Gasteiger partial charge is 0.497 e. The number of carbonyl (C=O) groups is 1. The average Bonchev–Trinajstić information content (AvgIpc) is 2.76. The SMILES string of the molecule is COc1ccc(NC(=O)Cn2c(-c3ccc(F)cc3)ncc(C#N)c2=O)c(OC)c1. The van der Waals surface area contributed by atoms with Gasteiger partial charge in [-0.05, 0) is 36.4 Å². The molecule has 0 saturated carbocycles. The fourth-order valence-electron chi connectivity index (χ4n) is 2.78. The lowest BCUT2D eigenvalue weighted by molar-refractivity contribution is -0.116. The third kappa shape index (κ3) is 4.28. The van der Waals surface area contributed by atoms with E-state index in [0.29, 0.717) is 22.7 Å². The van der Waals surface area contributed by atoms with Crippen LogP contribution >= 0.6 is 0 Å². The summed E-state index contributed by atoms with van der Waals surface area (Å²) >= 11 is 0. The molecule has 2 aromatic carbocycles. The lowest BCUT2D eigenvalue weighted by Gasteiger charge is -2.14. The lowest BCUT2D eigenvalue weighted by Crippen LogP contribution is -2.31. The minimum absolute atomic E-state index is 0.135. The van der Waals surface area contributed by atoms with Crippen molar-refractivity contribution in [1.29, 1.82) is 5.26 Å². The van der Waals surface area contributed by atoms with E-state index in [1.54, 1.807) is 24.3 Å². The summed E-state index contributed by atoms with van der Waals surface area (Å²) in [4.78, 5) is 29.4. The number of benzene rings is 2. The molecule has 0 aliphatic heterocycles. The van der Waals surface area contributed by atoms with Gasteiger partial charge in [-0.25, -0.2) is 9.37 Å². The van der Waals surface area contributed by atoms with Crippen LogP contribution in [-0.2, 0) is 11.3 Å². The maximum absolute atomic E-state index is 13.3. The van der Waals surface area contributed by atoms with Crippen molar-refractivity contribution in [2.75, 3.05) is 19.5 Å². The standard InChI is InChI=1S/C21H17FN4O4/c1-29-16-7-8-17(18(9-16)30-2)25-19(27)12-26-20(13-3-5-15(22)6-4-13)24-11-14(10-23)21(26)28/h3-9,11H,12H2,1-2H3,(H,25,27). The molecule has 0 spiro atoms. The van der Waals surface area contributed by atoms with E-state index in [2.05, 4.69) is 10.3 Å². The van der Waals surface area contributed by atoms with Gasteiger partial charge in [0.15, 0.2) is 0 Å². The second-order valence-corrected chi connectivity index (χ2v) is 6.12. The number of nitrogens with one attached hydrogen (secondary N) is 1. The number of halogens is 1. The van der Waals surface area contributed by atoms with E-state index >= 15 is 0 Å². The average molecular weight is 408 g/mol. The highest BCUT2D eigenvalue weighted by Gasteiger charge is 2.16. The van der Waals surface area contributed by atoms with E-state index in [-0.39, 0.29) is 11.4 Å². The molecule has 0 bridgehead atoms. The Hall–Kier alpha value is -4.19. The molecule has 1 heterocycles. The first kappa shape index (κ1) is 20.5. The van der Waals surface area contributed by atoms with Gasteiger partial charge in [-0.15, -0.1) is 0 Å². The predicted octanol–water partition coefficient (Wildman–Crippen LogP) is 2.58. The van der Waals surface area contributed by atoms with Crippen molar-refractivity contribution >= 4 is 11.6 Å². The number of carbonyl (C=O) groups excluding carboxylic acids is 1. The van der Waals surface area contributed by atoms with Crippen LogP contribution in [0.1, 0.15) is 5.56 Å². The summed E-state index contributed by atoms with van der Waals surface area (Å²) in [6.07, 6.45) is 1.13. The number of anilines is 1. The molecule has 0 atom stereocenters. The van der Waals surface area contributed by atoms with E-state index in [1.807, 2.05) is 0 Å². The van der Waals surface area contributed by atoms with Crippen LogP contribution in [0.25, 0.3) is 11.4 Å². The van der Waals surface area contributed by atoms with Crippen LogP contribution in [0, 0.1) is 17.1 Å². The van der Waals surface area contributed by atoms with Gasteiger partial charge in [-0.3, -0.25) is 14.2 Å². The van der Waals surface area contributed by atoms with Crippen LogP contribution in [0.3, 0.4) is 0 Å². The van der Waals surface area contributed by atoms with E-state index in [4.69, 9.17) is 14.7 Å². The maximum atomic E-state index is 13.3. The van der Waals surface area contributed by atoms with Crippen LogP contribution in [0.5, 0.6) is 11.5 Å². The van der Waals surface area contributed by atoms with E-state index in [0.717, 1.165) is 10.8 Å². The van der Waals surface area contributed by atoms with Crippen LogP contribution in [0.2, 0.25) is 0 Å². The van der Waals surface area contributed by atoms with Crippen molar-refractivity contribution in [1.82, 2.24) is 9.55 Å². The zero-order chi connectivity index (χ0) is 21.7. The smallest absolute Gasteiger partial charge is 0.272 e. The highest BCUT2D eigenvalue weighted by molar-refractivity contribution is 5.92. The first-order chi connectivity index (χ1) is 14.5. The van der Waals surface area contributed by atoms with E-state index in [1.165, 1.54) is 38.5 Å². The Labute approximate surface area is 171 Å². The molecule has 0 aliphatic rings. The van der Waals surface area contributed by atoms with Crippen molar-refractivity contribution < 1.29 is 18.7 Å². The molecule has 0 unspecified atom stereocenters. The van der Waals surface area contributed by atoms with Gasteiger partial charge >= 0.3 is 0 Å². The number of ether oxygens (including phenoxy) is 2. The normalized spacial score (nSPS) is 10.2. The molecular formula is C21H17FN4O4. The summed E-state index contributed by atoms with van der Waals surface area (Å²) in [7, 11) is 2.95. The molecule has 8 nitrogen and oxygen atoms in total. The number of hydrogen-bond donors (Lipinski definition) is 1. The molecule has 0 fully saturated rings. The highest BCUT2D eigenvalue weighted by atomic mass is 19.1. The summed E-state index contributed by atoms with van der Waals surface area (Å²) in [6.45, 7) is -0.413. The Morgan fingerprint density at radius 3 is 2.57 bits per heavy atom. The zero-order valence-electron chi connectivity index (χ0n) is 16.2. The molecule has 0 saturated heterocycles. The first-order valence-electron chi connectivity index (χ1n) is 8.74. The molecule has 152 valence electrons. The van der Waals surface area contributed by atoms with Gasteiger partial charge in [0.05, 0.1) is 26.1 Å². The Morgan fingerprint density at radius 1 is 1.20 bits per heavy atom. The van der Waals surface area contributed by atoms with Crippen LogP contribution < -0.4 is 20.3 Å². The van der Waals surface area contributed by atoms with Crippen molar-refractivity contribution in [3.8, 4) is 29.0 Å². The van der Waals surface area contributed by atoms with Crippen molar-refractivity contribution in [3.05, 3.63) is 70.4 Å². The molecule has 30 heavy (non-hydrogen) atoms. The lowest BCUT2D eigenvalue weighted by atomic mass is 10.2. The summed E-state index contributed by atoms with van der Waals surface area (Å²) in [5.74, 6) is 0.0607. The minimum atomic E-state index is -0.677. The van der Waals surface area contributed by atoms with E-state index in [9.17, 15) is 14.0 Å². The summed E-state index contributed by atoms with van der Waals surface area (Å²) in [5.41, 5.74) is -0.0868. The third-order valence-corrected chi connectivity index (χ3v) is 4.25. The second-order valence-electron chi connectivity index (χ2n) is 6.12. The molecule has 3 aromatic rings. The Bertz CT molecular complexity index is 1180. The minimum Gasteiger partial charge on any atom is -0.497 e. The maximum Gasteiger partial charge on any atom is 0.272 e. The van der Waals surface area contributed by atoms with Crippen molar-refractivity contribution in [2.45, 2.75) is 6.54 Å². The van der Waals surface area contributed by atoms with Crippen molar-refractivity contribution in [2.24, 2.45) is 0 Å². The fourth-order valence-corrected chi connectivity index (χ4v) is 2.78. The highest BCUT2D eigenvalue weighted by Crippen LogP contribution is 2.29. The van der Waals surface area contributed by atoms with E-state index < -0.39 is 23.8 Å². The van der Waals surface area contributed by atoms with Gasteiger partial charge in [-0.1, -0.05) is 0 Å². The number of hydrogen-bond acceptors (Lipinski definition) is 6. The monoisotopic (exact) mass is 408 g/mol. The fraction of sp³-hybridized carbons (Fsp3) is 0.143. The number of amides is 1. The van der Waals surface area contributed by atoms with Gasteiger partial charge < -0.3 is 14.8 Å². The summed E-state index contributed by atoms with van der Waals surface area (Å²) in [6, 6.07) is 11.9. The molecule has 0 aliphatic carbocycles. The van der Waals surface area contributed by atoms with Crippen molar-refractivity contribution in [3.63, 3.8) is 0 Å². The van der Waals surface area contributed by atoms with Gasteiger partial charge in [-0.2, -0.15) is 5.26 Å². The molecule has 1 N–H and O–H groups in total. The first-order valence-corrected chi connectivity index (χ1v) is 8.74. The molecule has 3 rings (SSSR count). The van der Waals surface area contributed by atoms with Crippen LogP contribution in [0.15, 0.2) is 53.5 Å². The van der Waals surface area contributed by atoms with Gasteiger partial charge in [0.25, 0.3) is 5.56 Å². The molecule has 0 radical (unpaired) electrons. The number of nitriles is 1. The third-order valence-electron chi connectivity index (χ3n) is 4.25. The summed E-state index contributed by atoms with van der Waals surface area (Å²) in [5, 5.41) is 11.8. The zero-order valence-corrected chi connectivity index (χ0v) is 16.2. The van der Waals surface area contributed by atoms with Gasteiger partial charge in [0, 0.05) is 11.6 Å².